The molecule has 8 heteroatoms. The van der Waals surface area contributed by atoms with Crippen LogP contribution in [0.3, 0.4) is 0 Å². The minimum Gasteiger partial charge on any atom is -0.398 e. The van der Waals surface area contributed by atoms with Gasteiger partial charge >= 0.3 is 0 Å². The van der Waals surface area contributed by atoms with Gasteiger partial charge in [0.25, 0.3) is 5.91 Å². The van der Waals surface area contributed by atoms with E-state index in [2.05, 4.69) is 4.90 Å². The molecule has 1 saturated heterocycles. The molecule has 1 aliphatic rings. The maximum Gasteiger partial charge on any atom is 0.256 e. The number of benzene rings is 2. The van der Waals surface area contributed by atoms with Gasteiger partial charge in [0, 0.05) is 49.0 Å². The number of hydrogen-bond donors (Lipinski definition) is 1. The van der Waals surface area contributed by atoms with Gasteiger partial charge in [-0.15, -0.1) is 24.8 Å². The van der Waals surface area contributed by atoms with Crippen LogP contribution in [0.4, 0.5) is 10.1 Å². The number of hydrogen-bond acceptors (Lipinski definition) is 3. The second kappa shape index (κ2) is 9.97. The monoisotopic (exact) mass is 419 g/mol. The fourth-order valence-electron chi connectivity index (χ4n) is 2.88. The van der Waals surface area contributed by atoms with E-state index in [0.717, 1.165) is 0 Å². The molecule has 0 spiro atoms. The van der Waals surface area contributed by atoms with Gasteiger partial charge in [0.2, 0.25) is 0 Å². The summed E-state index contributed by atoms with van der Waals surface area (Å²) < 4.78 is 13.9. The van der Waals surface area contributed by atoms with Crippen molar-refractivity contribution < 1.29 is 9.18 Å². The fraction of sp³-hybridized carbons (Fsp3) is 0.278. The van der Waals surface area contributed by atoms with Crippen molar-refractivity contribution in [3.63, 3.8) is 0 Å². The smallest absolute Gasteiger partial charge is 0.256 e. The first-order valence-electron chi connectivity index (χ1n) is 7.85. The summed E-state index contributed by atoms with van der Waals surface area (Å²) in [7, 11) is 0. The lowest BCUT2D eigenvalue weighted by molar-refractivity contribution is 0.0628. The summed E-state index contributed by atoms with van der Waals surface area (Å²) in [4.78, 5) is 16.4. The molecule has 1 amide bonds. The van der Waals surface area contributed by atoms with Gasteiger partial charge in [-0.1, -0.05) is 29.8 Å². The van der Waals surface area contributed by atoms with Crippen LogP contribution in [0.5, 0.6) is 0 Å². The highest BCUT2D eigenvalue weighted by Gasteiger charge is 2.24. The lowest BCUT2D eigenvalue weighted by atomic mass is 10.1. The van der Waals surface area contributed by atoms with Crippen molar-refractivity contribution in [2.75, 3.05) is 31.9 Å². The standard InChI is InChI=1S/C18H19ClFN3O.2ClH/c19-15-5-3-6-16(20)14(15)12-22-8-10-23(11-9-22)18(24)13-4-1-2-7-17(13)21;;/h1-7H,8-12,21H2;2*1H. The number of carbonyl (C=O) groups is 1. The van der Waals surface area contributed by atoms with Crippen LogP contribution in [0.1, 0.15) is 15.9 Å². The van der Waals surface area contributed by atoms with Gasteiger partial charge in [0.05, 0.1) is 5.56 Å². The first kappa shape index (κ1) is 22.5. The van der Waals surface area contributed by atoms with Gasteiger partial charge in [0.1, 0.15) is 5.82 Å². The van der Waals surface area contributed by atoms with E-state index in [4.69, 9.17) is 17.3 Å². The molecule has 2 aromatic carbocycles. The van der Waals surface area contributed by atoms with Gasteiger partial charge in [-0.2, -0.15) is 0 Å². The van der Waals surface area contributed by atoms with E-state index in [9.17, 15) is 9.18 Å². The zero-order chi connectivity index (χ0) is 17.1. The van der Waals surface area contributed by atoms with Gasteiger partial charge in [0.15, 0.2) is 0 Å². The number of piperazine rings is 1. The van der Waals surface area contributed by atoms with Crippen LogP contribution in [0, 0.1) is 5.82 Å². The third-order valence-corrected chi connectivity index (χ3v) is 4.65. The number of nitrogens with two attached hydrogens (primary N) is 1. The molecule has 2 aromatic rings. The van der Waals surface area contributed by atoms with E-state index in [1.165, 1.54) is 6.07 Å². The molecule has 0 saturated carbocycles. The number of carbonyl (C=O) groups excluding carboxylic acids is 1. The van der Waals surface area contributed by atoms with E-state index >= 15 is 0 Å². The minimum absolute atomic E-state index is 0. The van der Waals surface area contributed by atoms with E-state index in [1.54, 1.807) is 35.2 Å². The molecule has 1 fully saturated rings. The Bertz CT molecular complexity index is 732. The van der Waals surface area contributed by atoms with Crippen molar-refractivity contribution in [3.05, 3.63) is 64.4 Å². The quantitative estimate of drug-likeness (QED) is 0.767. The normalized spacial score (nSPS) is 14.3. The lowest BCUT2D eigenvalue weighted by Gasteiger charge is -2.35. The van der Waals surface area contributed by atoms with Crippen molar-refractivity contribution in [3.8, 4) is 0 Å². The minimum atomic E-state index is -0.293. The number of halogens is 4. The van der Waals surface area contributed by atoms with Crippen molar-refractivity contribution in [2.45, 2.75) is 6.54 Å². The van der Waals surface area contributed by atoms with Crippen LogP contribution in [-0.4, -0.2) is 41.9 Å². The van der Waals surface area contributed by atoms with Crippen LogP contribution < -0.4 is 5.73 Å². The summed E-state index contributed by atoms with van der Waals surface area (Å²) >= 11 is 6.08. The molecular formula is C18H21Cl3FN3O. The number of amides is 1. The molecule has 3 rings (SSSR count). The number of rotatable bonds is 3. The summed E-state index contributed by atoms with van der Waals surface area (Å²) in [6, 6.07) is 11.8. The third-order valence-electron chi connectivity index (χ3n) is 4.29. The van der Waals surface area contributed by atoms with Gasteiger partial charge in [-0.25, -0.2) is 4.39 Å². The van der Waals surface area contributed by atoms with Crippen LogP contribution in [0.25, 0.3) is 0 Å². The first-order valence-corrected chi connectivity index (χ1v) is 8.23. The van der Waals surface area contributed by atoms with Crippen LogP contribution in [0.15, 0.2) is 42.5 Å². The number of para-hydroxylation sites is 1. The topological polar surface area (TPSA) is 49.6 Å². The van der Waals surface area contributed by atoms with E-state index < -0.39 is 0 Å². The predicted molar refractivity (Wildman–Crippen MR) is 108 cm³/mol. The van der Waals surface area contributed by atoms with Crippen LogP contribution in [0.2, 0.25) is 5.02 Å². The molecule has 0 radical (unpaired) electrons. The number of anilines is 1. The molecule has 0 unspecified atom stereocenters. The molecule has 26 heavy (non-hydrogen) atoms. The number of nitrogens with zero attached hydrogens (tertiary/aromatic N) is 2. The molecule has 0 atom stereocenters. The molecule has 1 heterocycles. The average molecular weight is 421 g/mol. The summed E-state index contributed by atoms with van der Waals surface area (Å²) in [5.74, 6) is -0.352. The highest BCUT2D eigenvalue weighted by Crippen LogP contribution is 2.22. The second-order valence-corrected chi connectivity index (χ2v) is 6.26. The zero-order valence-electron chi connectivity index (χ0n) is 14.0. The Morgan fingerprint density at radius 1 is 1.04 bits per heavy atom. The second-order valence-electron chi connectivity index (χ2n) is 5.86. The fourth-order valence-corrected chi connectivity index (χ4v) is 3.10. The SMILES string of the molecule is Cl.Cl.Nc1ccccc1C(=O)N1CCN(Cc2c(F)cccc2Cl)CC1. The molecule has 0 aliphatic carbocycles. The maximum atomic E-state index is 13.9. The highest BCUT2D eigenvalue weighted by molar-refractivity contribution is 6.31. The molecule has 4 nitrogen and oxygen atoms in total. The lowest BCUT2D eigenvalue weighted by Crippen LogP contribution is -2.48. The molecule has 142 valence electrons. The average Bonchev–Trinajstić information content (AvgIpc) is 2.59. The van der Waals surface area contributed by atoms with E-state index in [1.807, 2.05) is 6.07 Å². The van der Waals surface area contributed by atoms with E-state index in [0.29, 0.717) is 54.6 Å². The molecule has 1 aliphatic heterocycles. The first-order chi connectivity index (χ1) is 11.6. The zero-order valence-corrected chi connectivity index (χ0v) is 16.4. The highest BCUT2D eigenvalue weighted by atomic mass is 35.5. The van der Waals surface area contributed by atoms with Gasteiger partial charge < -0.3 is 10.6 Å². The van der Waals surface area contributed by atoms with Crippen LogP contribution in [-0.2, 0) is 6.54 Å². The van der Waals surface area contributed by atoms with Gasteiger partial charge in [-0.3, -0.25) is 9.69 Å². The Hall–Kier alpha value is -1.53. The van der Waals surface area contributed by atoms with Crippen LogP contribution >= 0.6 is 36.4 Å². The maximum absolute atomic E-state index is 13.9. The summed E-state index contributed by atoms with van der Waals surface area (Å²) in [6.07, 6.45) is 0. The Kier molecular flexibility index (Phi) is 8.63. The van der Waals surface area contributed by atoms with Crippen molar-refractivity contribution in [1.82, 2.24) is 9.80 Å². The summed E-state index contributed by atoms with van der Waals surface area (Å²) in [6.45, 7) is 2.95. The summed E-state index contributed by atoms with van der Waals surface area (Å²) in [5.41, 5.74) is 7.40. The third kappa shape index (κ3) is 5.01. The Morgan fingerprint density at radius 2 is 1.69 bits per heavy atom. The Balaban J connectivity index is 0.00000169. The Labute approximate surface area is 169 Å². The summed E-state index contributed by atoms with van der Waals surface area (Å²) in [5, 5.41) is 0.436. The molecule has 2 N–H and O–H groups in total. The van der Waals surface area contributed by atoms with Crippen molar-refractivity contribution in [2.24, 2.45) is 0 Å². The largest absolute Gasteiger partial charge is 0.398 e. The molecule has 0 bridgehead atoms. The Morgan fingerprint density at radius 3 is 2.31 bits per heavy atom. The van der Waals surface area contributed by atoms with Gasteiger partial charge in [-0.05, 0) is 24.3 Å². The van der Waals surface area contributed by atoms with Crippen molar-refractivity contribution in [1.29, 1.82) is 0 Å². The number of nitrogen functional groups attached to an aromatic ring is 1. The van der Waals surface area contributed by atoms with Crippen molar-refractivity contribution >= 4 is 48.0 Å². The van der Waals surface area contributed by atoms with E-state index in [-0.39, 0.29) is 36.5 Å². The molecular weight excluding hydrogens is 400 g/mol. The predicted octanol–water partition coefficient (Wildman–Crippen LogP) is 3.86. The molecule has 0 aromatic heterocycles.